The number of halogens is 2. The molecule has 0 N–H and O–H groups in total. The zero-order valence-electron chi connectivity index (χ0n) is 13.8. The lowest BCUT2D eigenvalue weighted by Gasteiger charge is -2.39. The summed E-state index contributed by atoms with van der Waals surface area (Å²) in [4.78, 5) is 15.2. The largest absolute Gasteiger partial charge is 0.261 e. The molecule has 0 unspecified atom stereocenters. The first-order valence-electron chi connectivity index (χ1n) is 8.63. The summed E-state index contributed by atoms with van der Waals surface area (Å²) >= 11 is 6.17. The number of fused-ring (bicyclic) bond motifs is 2. The quantitative estimate of drug-likeness (QED) is 0.744. The van der Waals surface area contributed by atoms with Crippen molar-refractivity contribution in [2.45, 2.75) is 31.4 Å². The molecule has 1 aliphatic heterocycles. The van der Waals surface area contributed by atoms with E-state index in [1.54, 1.807) is 12.3 Å². The van der Waals surface area contributed by atoms with Crippen LogP contribution in [0.3, 0.4) is 0 Å². The molecule has 0 radical (unpaired) electrons. The van der Waals surface area contributed by atoms with E-state index in [-0.39, 0.29) is 5.92 Å². The van der Waals surface area contributed by atoms with Crippen molar-refractivity contribution in [2.24, 2.45) is 11.2 Å². The van der Waals surface area contributed by atoms with E-state index in [4.69, 9.17) is 11.6 Å². The number of rotatable bonds is 2. The van der Waals surface area contributed by atoms with Crippen LogP contribution in [0.25, 0.3) is 0 Å². The van der Waals surface area contributed by atoms with Gasteiger partial charge in [-0.05, 0) is 60.6 Å². The average Bonchev–Trinajstić information content (AvgIpc) is 2.77. The summed E-state index contributed by atoms with van der Waals surface area (Å²) in [5.74, 6) is -0.239. The van der Waals surface area contributed by atoms with Crippen molar-refractivity contribution in [3.8, 4) is 0 Å². The number of alkyl halides is 1. The van der Waals surface area contributed by atoms with Crippen LogP contribution < -0.4 is 0 Å². The SMILES string of the molecule is O=NN1CCC([C@@]2(F)c3ccc(Cl)cc3CCc3cccnc32)CC1. The number of aromatic nitrogens is 1. The van der Waals surface area contributed by atoms with E-state index in [1.165, 1.54) is 5.01 Å². The summed E-state index contributed by atoms with van der Waals surface area (Å²) in [5, 5.41) is 5.09. The Morgan fingerprint density at radius 3 is 2.72 bits per heavy atom. The highest BCUT2D eigenvalue weighted by atomic mass is 35.5. The maximum absolute atomic E-state index is 16.8. The van der Waals surface area contributed by atoms with Crippen LogP contribution in [-0.4, -0.2) is 23.1 Å². The number of piperidine rings is 1. The van der Waals surface area contributed by atoms with Gasteiger partial charge in [0.05, 0.1) is 11.0 Å². The van der Waals surface area contributed by atoms with Crippen molar-refractivity contribution in [1.29, 1.82) is 0 Å². The van der Waals surface area contributed by atoms with Crippen molar-refractivity contribution in [2.75, 3.05) is 13.1 Å². The summed E-state index contributed by atoms with van der Waals surface area (Å²) in [7, 11) is 0. The molecule has 0 saturated carbocycles. The minimum absolute atomic E-state index is 0.239. The summed E-state index contributed by atoms with van der Waals surface area (Å²) < 4.78 is 16.8. The molecule has 2 aromatic rings. The molecule has 1 atom stereocenters. The van der Waals surface area contributed by atoms with Crippen LogP contribution in [0.1, 0.15) is 35.2 Å². The van der Waals surface area contributed by atoms with Gasteiger partial charge < -0.3 is 0 Å². The molecular weight excluding hydrogens is 341 g/mol. The fourth-order valence-corrected chi connectivity index (χ4v) is 4.44. The molecule has 25 heavy (non-hydrogen) atoms. The summed E-state index contributed by atoms with van der Waals surface area (Å²) in [6, 6.07) is 9.27. The fraction of sp³-hybridized carbons (Fsp3) is 0.421. The molecule has 1 aromatic carbocycles. The standard InChI is InChI=1S/C19H19ClFN3O/c20-16-5-6-17-14(12-16)4-3-13-2-1-9-22-18(13)19(17,21)15-7-10-24(23-25)11-8-15/h1-2,5-6,9,12,15H,3-4,7-8,10-11H2/t19-/m1/s1. The molecule has 2 aliphatic rings. The number of hydrogen-bond donors (Lipinski definition) is 0. The Morgan fingerprint density at radius 1 is 1.20 bits per heavy atom. The second-order valence-electron chi connectivity index (χ2n) is 6.83. The molecule has 130 valence electrons. The molecule has 1 aromatic heterocycles. The van der Waals surface area contributed by atoms with Crippen molar-refractivity contribution >= 4 is 11.6 Å². The number of aryl methyl sites for hydroxylation is 2. The molecular formula is C19H19ClFN3O. The van der Waals surface area contributed by atoms with Gasteiger partial charge in [0.2, 0.25) is 0 Å². The second kappa shape index (κ2) is 6.37. The van der Waals surface area contributed by atoms with Gasteiger partial charge in [0, 0.05) is 30.2 Å². The van der Waals surface area contributed by atoms with Crippen molar-refractivity contribution in [1.82, 2.24) is 9.99 Å². The predicted octanol–water partition coefficient (Wildman–Crippen LogP) is 4.44. The van der Waals surface area contributed by atoms with Gasteiger partial charge in [-0.3, -0.25) is 9.99 Å². The Balaban J connectivity index is 1.86. The Kier molecular flexibility index (Phi) is 4.20. The summed E-state index contributed by atoms with van der Waals surface area (Å²) in [5.41, 5.74) is 1.43. The average molecular weight is 360 g/mol. The molecule has 0 spiro atoms. The number of pyridine rings is 1. The Labute approximate surface area is 151 Å². The Hall–Kier alpha value is -2.01. The number of hydrogen-bond acceptors (Lipinski definition) is 3. The van der Waals surface area contributed by atoms with E-state index in [9.17, 15) is 4.91 Å². The Morgan fingerprint density at radius 2 is 1.96 bits per heavy atom. The van der Waals surface area contributed by atoms with Crippen LogP contribution >= 0.6 is 11.6 Å². The first kappa shape index (κ1) is 16.5. The molecule has 6 heteroatoms. The van der Waals surface area contributed by atoms with E-state index >= 15 is 4.39 Å². The second-order valence-corrected chi connectivity index (χ2v) is 7.27. The smallest absolute Gasteiger partial charge is 0.181 e. The van der Waals surface area contributed by atoms with Gasteiger partial charge in [-0.1, -0.05) is 23.7 Å². The topological polar surface area (TPSA) is 45.6 Å². The lowest BCUT2D eigenvalue weighted by molar-refractivity contribution is 0.0592. The highest BCUT2D eigenvalue weighted by Gasteiger charge is 2.48. The van der Waals surface area contributed by atoms with Crippen LogP contribution in [0.4, 0.5) is 4.39 Å². The molecule has 4 rings (SSSR count). The van der Waals surface area contributed by atoms with Crippen molar-refractivity contribution in [3.05, 3.63) is 68.8 Å². The van der Waals surface area contributed by atoms with Crippen molar-refractivity contribution < 1.29 is 4.39 Å². The fourth-order valence-electron chi connectivity index (χ4n) is 4.25. The molecule has 2 heterocycles. The molecule has 0 amide bonds. The summed E-state index contributed by atoms with van der Waals surface area (Å²) in [6.45, 7) is 0.954. The van der Waals surface area contributed by atoms with Gasteiger partial charge in [0.15, 0.2) is 5.67 Å². The van der Waals surface area contributed by atoms with Crippen LogP contribution in [0.5, 0.6) is 0 Å². The first-order valence-corrected chi connectivity index (χ1v) is 9.01. The van der Waals surface area contributed by atoms with Gasteiger partial charge in [-0.15, -0.1) is 4.91 Å². The molecule has 0 bridgehead atoms. The zero-order valence-corrected chi connectivity index (χ0v) is 14.5. The van der Waals surface area contributed by atoms with Crippen LogP contribution in [0.2, 0.25) is 5.02 Å². The number of nitrogens with zero attached hydrogens (tertiary/aromatic N) is 3. The molecule has 4 nitrogen and oxygen atoms in total. The third-order valence-electron chi connectivity index (χ3n) is 5.51. The lowest BCUT2D eigenvalue weighted by atomic mass is 9.74. The normalized spacial score (nSPS) is 23.5. The van der Waals surface area contributed by atoms with Gasteiger partial charge in [0.25, 0.3) is 0 Å². The van der Waals surface area contributed by atoms with Crippen LogP contribution in [-0.2, 0) is 18.5 Å². The molecule has 1 aliphatic carbocycles. The van der Waals surface area contributed by atoms with E-state index in [1.807, 2.05) is 24.3 Å². The molecule has 1 saturated heterocycles. The minimum Gasteiger partial charge on any atom is -0.261 e. The van der Waals surface area contributed by atoms with E-state index in [0.29, 0.717) is 42.2 Å². The first-order chi connectivity index (χ1) is 12.1. The van der Waals surface area contributed by atoms with Gasteiger partial charge in [0.1, 0.15) is 0 Å². The number of benzene rings is 1. The highest BCUT2D eigenvalue weighted by Crippen LogP contribution is 2.49. The van der Waals surface area contributed by atoms with Crippen molar-refractivity contribution in [3.63, 3.8) is 0 Å². The molecule has 1 fully saturated rings. The van der Waals surface area contributed by atoms with E-state index < -0.39 is 5.67 Å². The van der Waals surface area contributed by atoms with Crippen LogP contribution in [0, 0.1) is 10.8 Å². The number of nitroso groups, excluding NO2 is 1. The summed E-state index contributed by atoms with van der Waals surface area (Å²) in [6.07, 6.45) is 4.29. The third-order valence-corrected chi connectivity index (χ3v) is 5.74. The predicted molar refractivity (Wildman–Crippen MR) is 95.1 cm³/mol. The Bertz CT molecular complexity index is 807. The zero-order chi connectivity index (χ0) is 17.4. The van der Waals surface area contributed by atoms with Gasteiger partial charge in [-0.2, -0.15) is 0 Å². The van der Waals surface area contributed by atoms with E-state index in [0.717, 1.165) is 24.0 Å². The van der Waals surface area contributed by atoms with E-state index in [2.05, 4.69) is 10.3 Å². The van der Waals surface area contributed by atoms with Gasteiger partial charge >= 0.3 is 0 Å². The minimum atomic E-state index is -1.66. The van der Waals surface area contributed by atoms with Gasteiger partial charge in [-0.25, -0.2) is 4.39 Å². The third kappa shape index (κ3) is 2.71. The highest BCUT2D eigenvalue weighted by molar-refractivity contribution is 6.30. The monoisotopic (exact) mass is 359 g/mol. The lowest BCUT2D eigenvalue weighted by Crippen LogP contribution is -2.41. The maximum atomic E-state index is 16.8. The maximum Gasteiger partial charge on any atom is 0.181 e. The van der Waals surface area contributed by atoms with Crippen LogP contribution in [0.15, 0.2) is 41.8 Å².